The summed E-state index contributed by atoms with van der Waals surface area (Å²) in [5, 5.41) is 4.15. The molecule has 0 radical (unpaired) electrons. The molecule has 0 saturated heterocycles. The molecule has 1 amide bonds. The van der Waals surface area contributed by atoms with Crippen molar-refractivity contribution in [2.75, 3.05) is 0 Å². The van der Waals surface area contributed by atoms with Gasteiger partial charge in [0.15, 0.2) is 0 Å². The van der Waals surface area contributed by atoms with Crippen LogP contribution >= 0.6 is 22.6 Å². The molecule has 1 aromatic heterocycles. The third-order valence-electron chi connectivity index (χ3n) is 3.39. The minimum Gasteiger partial charge on any atom is -0.359 e. The van der Waals surface area contributed by atoms with Gasteiger partial charge in [0, 0.05) is 21.3 Å². The summed E-state index contributed by atoms with van der Waals surface area (Å²) in [6.45, 7) is 2.57. The minimum atomic E-state index is -0.0367. The van der Waals surface area contributed by atoms with Crippen molar-refractivity contribution in [3.8, 4) is 0 Å². The number of H-pyrrole nitrogens is 1. The van der Waals surface area contributed by atoms with Crippen molar-refractivity contribution in [1.29, 1.82) is 0 Å². The Balaban J connectivity index is 1.74. The lowest BCUT2D eigenvalue weighted by atomic mass is 10.1. The number of benzene rings is 2. The maximum Gasteiger partial charge on any atom is 0.252 e. The van der Waals surface area contributed by atoms with Crippen molar-refractivity contribution in [2.45, 2.75) is 13.5 Å². The van der Waals surface area contributed by atoms with Gasteiger partial charge in [-0.25, -0.2) is 0 Å². The van der Waals surface area contributed by atoms with E-state index in [4.69, 9.17) is 0 Å². The molecule has 0 fully saturated rings. The molecule has 0 saturated carbocycles. The number of aromatic nitrogens is 1. The van der Waals surface area contributed by atoms with Crippen molar-refractivity contribution in [2.24, 2.45) is 0 Å². The lowest BCUT2D eigenvalue weighted by molar-refractivity contribution is 0.0950. The van der Waals surface area contributed by atoms with Gasteiger partial charge < -0.3 is 10.3 Å². The summed E-state index contributed by atoms with van der Waals surface area (Å²) in [6.07, 6.45) is 0. The summed E-state index contributed by atoms with van der Waals surface area (Å²) in [5.74, 6) is -0.0367. The van der Waals surface area contributed by atoms with Gasteiger partial charge in [-0.05, 0) is 70.8 Å². The van der Waals surface area contributed by atoms with Gasteiger partial charge in [0.2, 0.25) is 0 Å². The first kappa shape index (κ1) is 14.1. The number of aromatic amines is 1. The average Bonchev–Trinajstić information content (AvgIpc) is 2.84. The van der Waals surface area contributed by atoms with Crippen LogP contribution in [0.3, 0.4) is 0 Å². The minimum absolute atomic E-state index is 0.0367. The van der Waals surface area contributed by atoms with Crippen LogP contribution in [0.25, 0.3) is 10.9 Å². The van der Waals surface area contributed by atoms with Crippen molar-refractivity contribution in [3.63, 3.8) is 0 Å². The Bertz CT molecular complexity index is 807. The summed E-state index contributed by atoms with van der Waals surface area (Å²) in [6, 6.07) is 15.9. The predicted octanol–water partition coefficient (Wildman–Crippen LogP) is 4.01. The van der Waals surface area contributed by atoms with Crippen molar-refractivity contribution >= 4 is 39.4 Å². The van der Waals surface area contributed by atoms with Crippen molar-refractivity contribution in [1.82, 2.24) is 10.3 Å². The normalized spacial score (nSPS) is 10.8. The van der Waals surface area contributed by atoms with Crippen LogP contribution in [-0.2, 0) is 6.54 Å². The second kappa shape index (κ2) is 5.89. The third-order valence-corrected chi connectivity index (χ3v) is 4.33. The zero-order chi connectivity index (χ0) is 14.8. The molecule has 0 aliphatic heterocycles. The number of hydrogen-bond donors (Lipinski definition) is 2. The number of fused-ring (bicyclic) bond motifs is 1. The lowest BCUT2D eigenvalue weighted by Gasteiger charge is -2.07. The molecule has 3 aromatic rings. The van der Waals surface area contributed by atoms with E-state index in [0.717, 1.165) is 25.9 Å². The van der Waals surface area contributed by atoms with Gasteiger partial charge in [-0.2, -0.15) is 0 Å². The van der Waals surface area contributed by atoms with E-state index in [-0.39, 0.29) is 5.91 Å². The molecular weight excluding hydrogens is 375 g/mol. The molecule has 0 aliphatic rings. The van der Waals surface area contributed by atoms with Crippen molar-refractivity contribution in [3.05, 3.63) is 68.9 Å². The Morgan fingerprint density at radius 2 is 2.00 bits per heavy atom. The predicted molar refractivity (Wildman–Crippen MR) is 93.4 cm³/mol. The monoisotopic (exact) mass is 390 g/mol. The average molecular weight is 390 g/mol. The van der Waals surface area contributed by atoms with Gasteiger partial charge in [-0.1, -0.05) is 18.2 Å². The Morgan fingerprint density at radius 3 is 2.81 bits per heavy atom. The van der Waals surface area contributed by atoms with Crippen LogP contribution < -0.4 is 5.32 Å². The number of aryl methyl sites for hydroxylation is 1. The molecule has 0 spiro atoms. The Morgan fingerprint density at radius 1 is 1.19 bits per heavy atom. The topological polar surface area (TPSA) is 44.9 Å². The number of nitrogens with one attached hydrogen (secondary N) is 2. The van der Waals surface area contributed by atoms with Crippen LogP contribution in [0.4, 0.5) is 0 Å². The van der Waals surface area contributed by atoms with Gasteiger partial charge in [0.1, 0.15) is 0 Å². The Kier molecular flexibility index (Phi) is 3.96. The van der Waals surface area contributed by atoms with Crippen LogP contribution in [-0.4, -0.2) is 10.9 Å². The molecule has 3 rings (SSSR count). The van der Waals surface area contributed by atoms with E-state index in [1.54, 1.807) is 0 Å². The molecule has 3 nitrogen and oxygen atoms in total. The number of hydrogen-bond acceptors (Lipinski definition) is 1. The first-order valence-corrected chi connectivity index (χ1v) is 7.82. The Labute approximate surface area is 136 Å². The second-order valence-electron chi connectivity index (χ2n) is 5.04. The zero-order valence-corrected chi connectivity index (χ0v) is 13.8. The fourth-order valence-corrected chi connectivity index (χ4v) is 2.99. The van der Waals surface area contributed by atoms with E-state index in [2.05, 4.69) is 51.1 Å². The van der Waals surface area contributed by atoms with E-state index in [1.165, 1.54) is 5.39 Å². The fraction of sp³-hybridized carbons (Fsp3) is 0.118. The molecule has 1 heterocycles. The summed E-state index contributed by atoms with van der Waals surface area (Å²) >= 11 is 2.18. The number of carbonyl (C=O) groups excluding carboxylic acids is 1. The molecule has 0 bridgehead atoms. The molecule has 0 atom stereocenters. The first-order chi connectivity index (χ1) is 10.1. The number of amides is 1. The van der Waals surface area contributed by atoms with E-state index in [9.17, 15) is 4.79 Å². The molecule has 21 heavy (non-hydrogen) atoms. The Hall–Kier alpha value is -1.82. The highest BCUT2D eigenvalue weighted by molar-refractivity contribution is 14.1. The molecule has 106 valence electrons. The van der Waals surface area contributed by atoms with Gasteiger partial charge >= 0.3 is 0 Å². The maximum atomic E-state index is 12.2. The zero-order valence-electron chi connectivity index (χ0n) is 11.6. The standard InChI is InChI=1S/C17H15IN2O/c1-11-8-13-9-12(6-7-16(13)20-11)10-19-17(21)14-4-2-3-5-15(14)18/h2-9,20H,10H2,1H3,(H,19,21). The van der Waals surface area contributed by atoms with E-state index in [0.29, 0.717) is 6.54 Å². The SMILES string of the molecule is Cc1cc2cc(CNC(=O)c3ccccc3I)ccc2[nH]1. The number of rotatable bonds is 3. The quantitative estimate of drug-likeness (QED) is 0.653. The number of carbonyl (C=O) groups is 1. The van der Waals surface area contributed by atoms with Crippen LogP contribution in [0.5, 0.6) is 0 Å². The molecular formula is C17H15IN2O. The number of halogens is 1. The van der Waals surface area contributed by atoms with Gasteiger partial charge in [0.05, 0.1) is 5.56 Å². The first-order valence-electron chi connectivity index (χ1n) is 6.74. The van der Waals surface area contributed by atoms with Gasteiger partial charge in [0.25, 0.3) is 5.91 Å². The highest BCUT2D eigenvalue weighted by Gasteiger charge is 2.08. The lowest BCUT2D eigenvalue weighted by Crippen LogP contribution is -2.23. The third kappa shape index (κ3) is 3.10. The van der Waals surface area contributed by atoms with Crippen LogP contribution in [0.1, 0.15) is 21.6 Å². The maximum absolute atomic E-state index is 12.2. The molecule has 2 aromatic carbocycles. The largest absolute Gasteiger partial charge is 0.359 e. The van der Waals surface area contributed by atoms with Crippen molar-refractivity contribution < 1.29 is 4.79 Å². The molecule has 0 aliphatic carbocycles. The van der Waals surface area contributed by atoms with E-state index < -0.39 is 0 Å². The molecule has 2 N–H and O–H groups in total. The smallest absolute Gasteiger partial charge is 0.252 e. The van der Waals surface area contributed by atoms with Crippen LogP contribution in [0.15, 0.2) is 48.5 Å². The highest BCUT2D eigenvalue weighted by Crippen LogP contribution is 2.17. The van der Waals surface area contributed by atoms with Crippen LogP contribution in [0, 0.1) is 10.5 Å². The second-order valence-corrected chi connectivity index (χ2v) is 6.20. The van der Waals surface area contributed by atoms with Crippen LogP contribution in [0.2, 0.25) is 0 Å². The van der Waals surface area contributed by atoms with Gasteiger partial charge in [-0.3, -0.25) is 4.79 Å². The summed E-state index contributed by atoms with van der Waals surface area (Å²) < 4.78 is 0.962. The molecule has 4 heteroatoms. The summed E-state index contributed by atoms with van der Waals surface area (Å²) in [5.41, 5.74) is 4.09. The highest BCUT2D eigenvalue weighted by atomic mass is 127. The summed E-state index contributed by atoms with van der Waals surface area (Å²) in [7, 11) is 0. The fourth-order valence-electron chi connectivity index (χ4n) is 2.36. The van der Waals surface area contributed by atoms with Gasteiger partial charge in [-0.15, -0.1) is 0 Å². The van der Waals surface area contributed by atoms with E-state index >= 15 is 0 Å². The summed E-state index contributed by atoms with van der Waals surface area (Å²) in [4.78, 5) is 15.5. The van der Waals surface area contributed by atoms with E-state index in [1.807, 2.05) is 37.3 Å². The molecule has 0 unspecified atom stereocenters.